The minimum atomic E-state index is -0.222. The van der Waals surface area contributed by atoms with Crippen molar-refractivity contribution in [3.8, 4) is 11.4 Å². The topological polar surface area (TPSA) is 81.1 Å². The minimum Gasteiger partial charge on any atom is -0.497 e. The van der Waals surface area contributed by atoms with Gasteiger partial charge in [0.15, 0.2) is 0 Å². The second kappa shape index (κ2) is 8.15. The second-order valence-electron chi connectivity index (χ2n) is 5.83. The third-order valence-corrected chi connectivity index (χ3v) is 4.01. The number of urea groups is 1. The van der Waals surface area contributed by atoms with Crippen molar-refractivity contribution >= 4 is 6.03 Å². The summed E-state index contributed by atoms with van der Waals surface area (Å²) in [5.74, 6) is 0.769. The van der Waals surface area contributed by atoms with Crippen molar-refractivity contribution in [3.05, 3.63) is 72.3 Å². The van der Waals surface area contributed by atoms with Crippen LogP contribution in [-0.4, -0.2) is 27.9 Å². The summed E-state index contributed by atoms with van der Waals surface area (Å²) in [6.07, 6.45) is 3.13. The van der Waals surface area contributed by atoms with Gasteiger partial charge in [-0.3, -0.25) is 0 Å². The van der Waals surface area contributed by atoms with Crippen LogP contribution in [0.2, 0.25) is 0 Å². The largest absolute Gasteiger partial charge is 0.497 e. The van der Waals surface area contributed by atoms with E-state index in [2.05, 4.69) is 20.7 Å². The predicted molar refractivity (Wildman–Crippen MR) is 98.1 cm³/mol. The van der Waals surface area contributed by atoms with Crippen LogP contribution in [0.15, 0.2) is 61.2 Å². The maximum absolute atomic E-state index is 12.1. The monoisotopic (exact) mass is 351 g/mol. The molecule has 1 atom stereocenters. The Hall–Kier alpha value is -3.35. The highest BCUT2D eigenvalue weighted by atomic mass is 16.5. The van der Waals surface area contributed by atoms with Gasteiger partial charge in [0.25, 0.3) is 0 Å². The normalized spacial score (nSPS) is 11.6. The molecule has 0 bridgehead atoms. The maximum Gasteiger partial charge on any atom is 0.315 e. The first-order valence-corrected chi connectivity index (χ1v) is 8.28. The van der Waals surface area contributed by atoms with E-state index in [9.17, 15) is 4.79 Å². The van der Waals surface area contributed by atoms with Crippen molar-refractivity contribution < 1.29 is 9.53 Å². The summed E-state index contributed by atoms with van der Waals surface area (Å²) >= 11 is 0. The number of nitrogens with zero attached hydrogens (tertiary/aromatic N) is 3. The number of carbonyl (C=O) groups is 1. The molecule has 1 unspecified atom stereocenters. The Balaban J connectivity index is 1.53. The summed E-state index contributed by atoms with van der Waals surface area (Å²) in [6.45, 7) is 2.37. The predicted octanol–water partition coefficient (Wildman–Crippen LogP) is 2.84. The number of aromatic nitrogens is 3. The first kappa shape index (κ1) is 17.5. The quantitative estimate of drug-likeness (QED) is 0.715. The summed E-state index contributed by atoms with van der Waals surface area (Å²) in [5.41, 5.74) is 2.90. The molecule has 7 heteroatoms. The van der Waals surface area contributed by atoms with Crippen molar-refractivity contribution in [2.45, 2.75) is 19.5 Å². The van der Waals surface area contributed by atoms with Crippen molar-refractivity contribution in [1.82, 2.24) is 25.4 Å². The number of amides is 2. The first-order chi connectivity index (χ1) is 12.7. The second-order valence-corrected chi connectivity index (χ2v) is 5.83. The van der Waals surface area contributed by atoms with Crippen LogP contribution < -0.4 is 15.4 Å². The van der Waals surface area contributed by atoms with Gasteiger partial charge in [0.05, 0.1) is 18.8 Å². The Morgan fingerprint density at radius 3 is 2.73 bits per heavy atom. The number of benzene rings is 2. The molecule has 0 spiro atoms. The van der Waals surface area contributed by atoms with Crippen molar-refractivity contribution in [1.29, 1.82) is 0 Å². The molecule has 0 aliphatic heterocycles. The summed E-state index contributed by atoms with van der Waals surface area (Å²) in [5, 5.41) is 9.88. The van der Waals surface area contributed by atoms with Gasteiger partial charge in [0.2, 0.25) is 0 Å². The van der Waals surface area contributed by atoms with Gasteiger partial charge in [-0.2, -0.15) is 5.10 Å². The summed E-state index contributed by atoms with van der Waals surface area (Å²) in [7, 11) is 1.62. The molecule has 0 radical (unpaired) electrons. The average molecular weight is 351 g/mol. The molecule has 0 saturated heterocycles. The van der Waals surface area contributed by atoms with Crippen molar-refractivity contribution in [3.63, 3.8) is 0 Å². The van der Waals surface area contributed by atoms with E-state index in [-0.39, 0.29) is 12.1 Å². The van der Waals surface area contributed by atoms with Gasteiger partial charge in [0, 0.05) is 6.54 Å². The highest BCUT2D eigenvalue weighted by Gasteiger charge is 2.10. The van der Waals surface area contributed by atoms with E-state index in [4.69, 9.17) is 4.74 Å². The summed E-state index contributed by atoms with van der Waals surface area (Å²) < 4.78 is 6.87. The van der Waals surface area contributed by atoms with E-state index in [0.717, 1.165) is 22.6 Å². The fourth-order valence-electron chi connectivity index (χ4n) is 2.55. The molecule has 2 N–H and O–H groups in total. The fraction of sp³-hybridized carbons (Fsp3) is 0.211. The molecule has 3 aromatic rings. The van der Waals surface area contributed by atoms with Gasteiger partial charge in [-0.05, 0) is 42.3 Å². The van der Waals surface area contributed by atoms with E-state index in [1.54, 1.807) is 18.1 Å². The van der Waals surface area contributed by atoms with Gasteiger partial charge >= 0.3 is 6.03 Å². The van der Waals surface area contributed by atoms with Crippen LogP contribution >= 0.6 is 0 Å². The number of nitrogens with one attached hydrogen (secondary N) is 2. The zero-order valence-electron chi connectivity index (χ0n) is 14.7. The molecule has 2 amide bonds. The molecule has 3 rings (SSSR count). The first-order valence-electron chi connectivity index (χ1n) is 8.28. The van der Waals surface area contributed by atoms with Crippen LogP contribution in [0.4, 0.5) is 4.79 Å². The summed E-state index contributed by atoms with van der Waals surface area (Å²) in [6, 6.07) is 15.1. The number of rotatable bonds is 6. The molecule has 0 fully saturated rings. The molecule has 1 heterocycles. The number of hydrogen-bond acceptors (Lipinski definition) is 4. The highest BCUT2D eigenvalue weighted by molar-refractivity contribution is 5.74. The fourth-order valence-corrected chi connectivity index (χ4v) is 2.55. The van der Waals surface area contributed by atoms with Gasteiger partial charge in [0.1, 0.15) is 18.4 Å². The third-order valence-electron chi connectivity index (χ3n) is 4.01. The lowest BCUT2D eigenvalue weighted by molar-refractivity contribution is 0.237. The number of ether oxygens (including phenoxy) is 1. The van der Waals surface area contributed by atoms with Gasteiger partial charge in [-0.1, -0.05) is 24.3 Å². The Morgan fingerprint density at radius 2 is 2.04 bits per heavy atom. The molecule has 0 aliphatic carbocycles. The summed E-state index contributed by atoms with van der Waals surface area (Å²) in [4.78, 5) is 16.1. The molecular formula is C19H21N5O2. The van der Waals surface area contributed by atoms with Gasteiger partial charge < -0.3 is 15.4 Å². The lowest BCUT2D eigenvalue weighted by atomic mass is 10.1. The minimum absolute atomic E-state index is 0.120. The molecule has 134 valence electrons. The van der Waals surface area contributed by atoms with Crippen molar-refractivity contribution in [2.75, 3.05) is 7.11 Å². The van der Waals surface area contributed by atoms with E-state index < -0.39 is 0 Å². The zero-order valence-corrected chi connectivity index (χ0v) is 14.7. The lowest BCUT2D eigenvalue weighted by Gasteiger charge is -2.16. The van der Waals surface area contributed by atoms with E-state index in [1.807, 2.05) is 55.5 Å². The van der Waals surface area contributed by atoms with Gasteiger partial charge in [-0.25, -0.2) is 14.5 Å². The van der Waals surface area contributed by atoms with Crippen LogP contribution in [0.1, 0.15) is 24.1 Å². The Morgan fingerprint density at radius 1 is 1.23 bits per heavy atom. The molecule has 1 aromatic heterocycles. The van der Waals surface area contributed by atoms with Crippen LogP contribution in [0.25, 0.3) is 5.69 Å². The SMILES string of the molecule is COc1cccc(CNC(=O)NC(C)c2ccc(-n3cncn3)cc2)c1. The van der Waals surface area contributed by atoms with Crippen LogP contribution in [0, 0.1) is 0 Å². The highest BCUT2D eigenvalue weighted by Crippen LogP contribution is 2.15. The van der Waals surface area contributed by atoms with E-state index in [1.165, 1.54) is 6.33 Å². The average Bonchev–Trinajstić information content (AvgIpc) is 3.21. The van der Waals surface area contributed by atoms with Crippen molar-refractivity contribution in [2.24, 2.45) is 0 Å². The number of hydrogen-bond donors (Lipinski definition) is 2. The maximum atomic E-state index is 12.1. The molecule has 26 heavy (non-hydrogen) atoms. The number of methoxy groups -OCH3 is 1. The third kappa shape index (κ3) is 4.38. The Labute approximate surface area is 152 Å². The van der Waals surface area contributed by atoms with E-state index >= 15 is 0 Å². The molecule has 0 saturated carbocycles. The Bertz CT molecular complexity index is 847. The smallest absolute Gasteiger partial charge is 0.315 e. The lowest BCUT2D eigenvalue weighted by Crippen LogP contribution is -2.36. The van der Waals surface area contributed by atoms with Crippen LogP contribution in [0.3, 0.4) is 0 Å². The number of carbonyl (C=O) groups excluding carboxylic acids is 1. The van der Waals surface area contributed by atoms with E-state index in [0.29, 0.717) is 6.54 Å². The molecule has 0 aliphatic rings. The molecule has 2 aromatic carbocycles. The van der Waals surface area contributed by atoms with Gasteiger partial charge in [-0.15, -0.1) is 0 Å². The van der Waals surface area contributed by atoms with Crippen LogP contribution in [-0.2, 0) is 6.54 Å². The van der Waals surface area contributed by atoms with Crippen LogP contribution in [0.5, 0.6) is 5.75 Å². The standard InChI is InChI=1S/C19H21N5O2/c1-14(16-6-8-17(9-7-16)24-13-20-12-22-24)23-19(25)21-11-15-4-3-5-18(10-15)26-2/h3-10,12-14H,11H2,1-2H3,(H2,21,23,25). The molecule has 7 nitrogen and oxygen atoms in total. The Kier molecular flexibility index (Phi) is 5.48. The zero-order chi connectivity index (χ0) is 18.4. The molecular weight excluding hydrogens is 330 g/mol.